The first-order valence-electron chi connectivity index (χ1n) is 13.0. The van der Waals surface area contributed by atoms with Crippen molar-refractivity contribution < 1.29 is 58.9 Å². The predicted molar refractivity (Wildman–Crippen MR) is 139 cm³/mol. The van der Waals surface area contributed by atoms with Gasteiger partial charge in [0.25, 0.3) is 11.6 Å². The standard InChI is InChI=1S/C26H29ClN2O13/c27-13-7-6-12(8-14(13)29(36)37)23(35)28-24-19(33)17(31)21(15(9-30)39-24)42-26-20(34)18(32)22-16(40-26)10-38-25(41-22)11-4-2-1-3-5-11/h1-8,15-22,24-26,30-34H,9-10H2,(H,28,35)/t15-,16-,17-,18-,19-,20-,21-,22-,24-,25-,26-/m1/s1. The van der Waals surface area contributed by atoms with Crippen molar-refractivity contribution in [3.05, 3.63) is 74.8 Å². The minimum absolute atomic E-state index is 0.0272. The Hall–Kier alpha value is -2.80. The van der Waals surface area contributed by atoms with E-state index in [9.17, 15) is 40.4 Å². The van der Waals surface area contributed by atoms with Gasteiger partial charge in [-0.3, -0.25) is 14.9 Å². The van der Waals surface area contributed by atoms with Crippen LogP contribution in [0, 0.1) is 10.1 Å². The molecule has 3 heterocycles. The Kier molecular flexibility index (Phi) is 9.36. The zero-order chi connectivity index (χ0) is 30.1. The molecule has 228 valence electrons. The van der Waals surface area contributed by atoms with Crippen LogP contribution < -0.4 is 5.32 Å². The van der Waals surface area contributed by atoms with Crippen LogP contribution in [0.3, 0.4) is 0 Å². The largest absolute Gasteiger partial charge is 0.394 e. The lowest BCUT2D eigenvalue weighted by Gasteiger charge is -2.48. The van der Waals surface area contributed by atoms with Crippen LogP contribution >= 0.6 is 11.6 Å². The van der Waals surface area contributed by atoms with Crippen LogP contribution in [0.2, 0.25) is 5.02 Å². The minimum atomic E-state index is -1.81. The number of hydrogen-bond acceptors (Lipinski definition) is 13. The summed E-state index contributed by atoms with van der Waals surface area (Å²) in [5, 5.41) is 66.3. The molecule has 16 heteroatoms. The van der Waals surface area contributed by atoms with Gasteiger partial charge in [0.05, 0.1) is 18.1 Å². The summed E-state index contributed by atoms with van der Waals surface area (Å²) in [6.45, 7) is -0.782. The van der Waals surface area contributed by atoms with E-state index in [0.29, 0.717) is 5.56 Å². The van der Waals surface area contributed by atoms with Crippen LogP contribution in [0.5, 0.6) is 0 Å². The summed E-state index contributed by atoms with van der Waals surface area (Å²) in [7, 11) is 0. The first-order chi connectivity index (χ1) is 20.1. The second kappa shape index (κ2) is 12.8. The van der Waals surface area contributed by atoms with E-state index in [1.165, 1.54) is 6.07 Å². The van der Waals surface area contributed by atoms with Gasteiger partial charge < -0.3 is 54.5 Å². The molecule has 3 fully saturated rings. The number of carbonyl (C=O) groups excluding carboxylic acids is 1. The van der Waals surface area contributed by atoms with Gasteiger partial charge in [0.1, 0.15) is 53.9 Å². The molecule has 0 bridgehead atoms. The first kappa shape index (κ1) is 30.7. The Bertz CT molecular complexity index is 1270. The fraction of sp³-hybridized carbons (Fsp3) is 0.500. The smallest absolute Gasteiger partial charge is 0.288 e. The lowest BCUT2D eigenvalue weighted by molar-refractivity contribution is -0.384. The molecule has 3 saturated heterocycles. The third kappa shape index (κ3) is 6.13. The van der Waals surface area contributed by atoms with E-state index in [1.807, 2.05) is 6.07 Å². The number of nitro benzene ring substituents is 1. The summed E-state index contributed by atoms with van der Waals surface area (Å²) in [6.07, 6.45) is -15.3. The fourth-order valence-electron chi connectivity index (χ4n) is 5.00. The first-order valence-corrected chi connectivity index (χ1v) is 13.3. The topological polar surface area (TPSA) is 220 Å². The van der Waals surface area contributed by atoms with Crippen molar-refractivity contribution >= 4 is 23.2 Å². The molecule has 3 aliphatic rings. The third-order valence-electron chi connectivity index (χ3n) is 7.24. The van der Waals surface area contributed by atoms with Gasteiger partial charge in [-0.15, -0.1) is 0 Å². The van der Waals surface area contributed by atoms with E-state index in [4.69, 9.17) is 35.3 Å². The Morgan fingerprint density at radius 1 is 1.02 bits per heavy atom. The molecule has 0 saturated carbocycles. The number of hydrogen-bond donors (Lipinski definition) is 6. The molecule has 0 aliphatic carbocycles. The Morgan fingerprint density at radius 3 is 2.45 bits per heavy atom. The van der Waals surface area contributed by atoms with E-state index < -0.39 is 90.8 Å². The highest BCUT2D eigenvalue weighted by molar-refractivity contribution is 6.32. The summed E-state index contributed by atoms with van der Waals surface area (Å²) in [5.74, 6) is -0.895. The number of benzene rings is 2. The number of nitrogens with zero attached hydrogens (tertiary/aromatic N) is 1. The van der Waals surface area contributed by atoms with Crippen LogP contribution in [0.4, 0.5) is 5.69 Å². The number of nitro groups is 1. The molecule has 11 atom stereocenters. The van der Waals surface area contributed by atoms with Crippen LogP contribution in [0.15, 0.2) is 48.5 Å². The molecule has 15 nitrogen and oxygen atoms in total. The van der Waals surface area contributed by atoms with Crippen LogP contribution in [0.1, 0.15) is 22.2 Å². The predicted octanol–water partition coefficient (Wildman–Crippen LogP) is -0.637. The summed E-state index contributed by atoms with van der Waals surface area (Å²) < 4.78 is 28.6. The maximum absolute atomic E-state index is 12.7. The van der Waals surface area contributed by atoms with Crippen LogP contribution in [-0.2, 0) is 23.7 Å². The number of rotatable bonds is 7. The lowest BCUT2D eigenvalue weighted by atomic mass is 9.96. The molecule has 1 amide bonds. The number of aliphatic hydroxyl groups excluding tert-OH is 5. The third-order valence-corrected chi connectivity index (χ3v) is 7.56. The zero-order valence-electron chi connectivity index (χ0n) is 21.7. The van der Waals surface area contributed by atoms with Crippen molar-refractivity contribution in [1.29, 1.82) is 0 Å². The molecule has 2 aromatic carbocycles. The molecule has 3 aliphatic heterocycles. The molecular formula is C26H29ClN2O13. The van der Waals surface area contributed by atoms with Gasteiger partial charge in [-0.05, 0) is 12.1 Å². The van der Waals surface area contributed by atoms with Gasteiger partial charge >= 0.3 is 0 Å². The van der Waals surface area contributed by atoms with E-state index >= 15 is 0 Å². The van der Waals surface area contributed by atoms with Crippen LogP contribution in [-0.4, -0.2) is 111 Å². The quantitative estimate of drug-likeness (QED) is 0.169. The molecular weight excluding hydrogens is 584 g/mol. The van der Waals surface area contributed by atoms with E-state index in [1.54, 1.807) is 24.3 Å². The second-order valence-electron chi connectivity index (χ2n) is 9.96. The van der Waals surface area contributed by atoms with Crippen molar-refractivity contribution in [2.75, 3.05) is 13.2 Å². The number of amides is 1. The monoisotopic (exact) mass is 612 g/mol. The maximum atomic E-state index is 12.7. The zero-order valence-corrected chi connectivity index (χ0v) is 22.5. The number of carbonyl (C=O) groups is 1. The molecule has 5 rings (SSSR count). The van der Waals surface area contributed by atoms with Gasteiger partial charge in [-0.2, -0.15) is 0 Å². The van der Waals surface area contributed by atoms with Crippen molar-refractivity contribution in [3.8, 4) is 0 Å². The van der Waals surface area contributed by atoms with Crippen molar-refractivity contribution in [2.24, 2.45) is 0 Å². The molecule has 2 aromatic rings. The van der Waals surface area contributed by atoms with Gasteiger partial charge in [-0.25, -0.2) is 0 Å². The highest BCUT2D eigenvalue weighted by Crippen LogP contribution is 2.36. The highest BCUT2D eigenvalue weighted by atomic mass is 35.5. The SMILES string of the molecule is O=C(N[C@@H]1O[C@H](CO)[C@@H](O[C@H]2O[C@@H]3CO[C@@H](c4ccccc4)O[C@H]3[C@H](O)[C@H]2O)[C@H](O)[C@H]1O)c1ccc(Cl)c([N+](=O)[O-])c1. The van der Waals surface area contributed by atoms with Gasteiger partial charge in [0.15, 0.2) is 18.8 Å². The summed E-state index contributed by atoms with van der Waals surface area (Å²) >= 11 is 5.78. The number of fused-ring (bicyclic) bond motifs is 1. The minimum Gasteiger partial charge on any atom is -0.394 e. The molecule has 0 spiro atoms. The summed E-state index contributed by atoms with van der Waals surface area (Å²) in [6, 6.07) is 12.3. The average molecular weight is 613 g/mol. The maximum Gasteiger partial charge on any atom is 0.288 e. The van der Waals surface area contributed by atoms with Gasteiger partial charge in [0, 0.05) is 17.2 Å². The Morgan fingerprint density at radius 2 is 1.76 bits per heavy atom. The van der Waals surface area contributed by atoms with Crippen LogP contribution in [0.25, 0.3) is 0 Å². The molecule has 0 radical (unpaired) electrons. The van der Waals surface area contributed by atoms with Crippen molar-refractivity contribution in [2.45, 2.75) is 67.6 Å². The number of aliphatic hydroxyl groups is 5. The molecule has 42 heavy (non-hydrogen) atoms. The van der Waals surface area contributed by atoms with E-state index in [2.05, 4.69) is 5.32 Å². The molecule has 0 aromatic heterocycles. The van der Waals surface area contributed by atoms with E-state index in [-0.39, 0.29) is 17.2 Å². The summed E-state index contributed by atoms with van der Waals surface area (Å²) in [5.41, 5.74) is 0.00850. The fourth-order valence-corrected chi connectivity index (χ4v) is 5.19. The van der Waals surface area contributed by atoms with Gasteiger partial charge in [0.2, 0.25) is 0 Å². The molecule has 6 N–H and O–H groups in total. The van der Waals surface area contributed by atoms with Gasteiger partial charge in [-0.1, -0.05) is 41.9 Å². The summed E-state index contributed by atoms with van der Waals surface area (Å²) in [4.78, 5) is 23.1. The lowest BCUT2D eigenvalue weighted by Crippen LogP contribution is -2.67. The Balaban J connectivity index is 1.24. The van der Waals surface area contributed by atoms with Crippen molar-refractivity contribution in [3.63, 3.8) is 0 Å². The number of nitrogens with one attached hydrogen (secondary N) is 1. The van der Waals surface area contributed by atoms with Crippen molar-refractivity contribution in [1.82, 2.24) is 5.32 Å². The number of ether oxygens (including phenoxy) is 5. The average Bonchev–Trinajstić information content (AvgIpc) is 2.99. The number of halogens is 1. The highest BCUT2D eigenvalue weighted by Gasteiger charge is 2.53. The van der Waals surface area contributed by atoms with E-state index in [0.717, 1.165) is 12.1 Å². The Labute approximate surface area is 243 Å². The molecule has 0 unspecified atom stereocenters. The second-order valence-corrected chi connectivity index (χ2v) is 10.4. The normalized spacial score (nSPS) is 36.6.